The van der Waals surface area contributed by atoms with E-state index in [9.17, 15) is 9.59 Å². The van der Waals surface area contributed by atoms with Crippen LogP contribution in [0, 0.1) is 0 Å². The highest BCUT2D eigenvalue weighted by molar-refractivity contribution is 7.19. The van der Waals surface area contributed by atoms with Gasteiger partial charge in [-0.2, -0.15) is 0 Å². The number of carbonyl (C=O) groups excluding carboxylic acids is 2. The average Bonchev–Trinajstić information content (AvgIpc) is 3.02. The van der Waals surface area contributed by atoms with Crippen molar-refractivity contribution in [3.05, 3.63) is 35.2 Å². The van der Waals surface area contributed by atoms with E-state index in [1.807, 2.05) is 12.1 Å². The summed E-state index contributed by atoms with van der Waals surface area (Å²) >= 11 is 1.70. The third kappa shape index (κ3) is 2.98. The number of benzene rings is 1. The molecule has 2 unspecified atom stereocenters. The predicted octanol–water partition coefficient (Wildman–Crippen LogP) is 2.85. The van der Waals surface area contributed by atoms with Crippen molar-refractivity contribution in [3.63, 3.8) is 0 Å². The standard InChI is InChI=1S/C18H21N3O2S/c22-17-11-21(15-7-3-2-6-14(15)20-17)18(23)19-10-13-9-12-5-1-4-8-16(12)24-13/h1,4-5,8-9,14-15H,2-3,6-7,10-11H2,(H,19,23)(H,20,22). The molecule has 1 saturated carbocycles. The second-order valence-corrected chi connectivity index (χ2v) is 7.73. The van der Waals surface area contributed by atoms with E-state index in [0.717, 1.165) is 30.6 Å². The van der Waals surface area contributed by atoms with E-state index in [-0.39, 0.29) is 30.6 Å². The zero-order chi connectivity index (χ0) is 16.5. The lowest BCUT2D eigenvalue weighted by Gasteiger charge is -2.43. The summed E-state index contributed by atoms with van der Waals surface area (Å²) in [6, 6.07) is 10.5. The van der Waals surface area contributed by atoms with Crippen LogP contribution in [0.4, 0.5) is 4.79 Å². The maximum absolute atomic E-state index is 12.6. The molecule has 1 aliphatic carbocycles. The fourth-order valence-electron chi connectivity index (χ4n) is 3.79. The lowest BCUT2D eigenvalue weighted by atomic mass is 9.87. The summed E-state index contributed by atoms with van der Waals surface area (Å²) in [5, 5.41) is 7.24. The molecule has 126 valence electrons. The number of fused-ring (bicyclic) bond motifs is 2. The second kappa shape index (κ2) is 6.43. The van der Waals surface area contributed by atoms with Crippen LogP contribution in [0.15, 0.2) is 30.3 Å². The van der Waals surface area contributed by atoms with Crippen molar-refractivity contribution in [2.45, 2.75) is 44.3 Å². The van der Waals surface area contributed by atoms with Crippen LogP contribution < -0.4 is 10.6 Å². The van der Waals surface area contributed by atoms with Crippen molar-refractivity contribution >= 4 is 33.4 Å². The van der Waals surface area contributed by atoms with Gasteiger partial charge in [0.25, 0.3) is 0 Å². The van der Waals surface area contributed by atoms with Gasteiger partial charge in [-0.3, -0.25) is 4.79 Å². The van der Waals surface area contributed by atoms with Gasteiger partial charge in [0, 0.05) is 15.6 Å². The van der Waals surface area contributed by atoms with Gasteiger partial charge in [0.1, 0.15) is 6.54 Å². The molecule has 1 aromatic carbocycles. The molecule has 2 aromatic rings. The van der Waals surface area contributed by atoms with Crippen molar-refractivity contribution in [2.75, 3.05) is 6.54 Å². The third-order valence-electron chi connectivity index (χ3n) is 4.94. The zero-order valence-electron chi connectivity index (χ0n) is 13.5. The van der Waals surface area contributed by atoms with Crippen LogP contribution in [0.3, 0.4) is 0 Å². The van der Waals surface area contributed by atoms with Gasteiger partial charge in [-0.15, -0.1) is 11.3 Å². The number of urea groups is 1. The van der Waals surface area contributed by atoms with Gasteiger partial charge in [0.15, 0.2) is 0 Å². The van der Waals surface area contributed by atoms with Gasteiger partial charge >= 0.3 is 6.03 Å². The van der Waals surface area contributed by atoms with Gasteiger partial charge in [-0.25, -0.2) is 4.79 Å². The molecule has 6 heteroatoms. The van der Waals surface area contributed by atoms with Crippen molar-refractivity contribution in [2.24, 2.45) is 0 Å². The molecule has 4 rings (SSSR count). The Bertz CT molecular complexity index is 739. The van der Waals surface area contributed by atoms with E-state index in [1.54, 1.807) is 16.2 Å². The molecule has 0 spiro atoms. The number of carbonyl (C=O) groups is 2. The third-order valence-corrected chi connectivity index (χ3v) is 6.06. The molecular weight excluding hydrogens is 322 g/mol. The summed E-state index contributed by atoms with van der Waals surface area (Å²) in [6.45, 7) is 0.674. The number of nitrogens with zero attached hydrogens (tertiary/aromatic N) is 1. The molecule has 2 heterocycles. The van der Waals surface area contributed by atoms with Gasteiger partial charge < -0.3 is 15.5 Å². The molecule has 1 aromatic heterocycles. The first-order valence-corrected chi connectivity index (χ1v) is 9.33. The summed E-state index contributed by atoms with van der Waals surface area (Å²) in [4.78, 5) is 27.4. The van der Waals surface area contributed by atoms with Gasteiger partial charge in [-0.05, 0) is 30.4 Å². The summed E-state index contributed by atoms with van der Waals surface area (Å²) < 4.78 is 1.23. The highest BCUT2D eigenvalue weighted by atomic mass is 32.1. The van der Waals surface area contributed by atoms with Crippen molar-refractivity contribution in [3.8, 4) is 0 Å². The zero-order valence-corrected chi connectivity index (χ0v) is 14.3. The Morgan fingerprint density at radius 3 is 3.00 bits per heavy atom. The minimum absolute atomic E-state index is 0.0461. The lowest BCUT2D eigenvalue weighted by Crippen LogP contribution is -2.64. The molecule has 2 atom stereocenters. The molecule has 5 nitrogen and oxygen atoms in total. The fourth-order valence-corrected chi connectivity index (χ4v) is 4.79. The number of hydrogen-bond acceptors (Lipinski definition) is 3. The number of rotatable bonds is 2. The highest BCUT2D eigenvalue weighted by Crippen LogP contribution is 2.27. The van der Waals surface area contributed by atoms with Crippen molar-refractivity contribution in [1.82, 2.24) is 15.5 Å². The Kier molecular flexibility index (Phi) is 4.14. The SMILES string of the molecule is O=C1CN(C(=O)NCc2cc3ccccc3s2)C2CCCCC2N1. The van der Waals surface area contributed by atoms with Gasteiger partial charge in [0.05, 0.1) is 12.6 Å². The Hall–Kier alpha value is -2.08. The fraction of sp³-hybridized carbons (Fsp3) is 0.444. The highest BCUT2D eigenvalue weighted by Gasteiger charge is 2.38. The summed E-state index contributed by atoms with van der Waals surface area (Å²) in [5.74, 6) is -0.0461. The predicted molar refractivity (Wildman–Crippen MR) is 95.0 cm³/mol. The Morgan fingerprint density at radius 1 is 1.29 bits per heavy atom. The van der Waals surface area contributed by atoms with E-state index < -0.39 is 0 Å². The molecule has 2 fully saturated rings. The number of amides is 3. The van der Waals surface area contributed by atoms with Crippen LogP contribution >= 0.6 is 11.3 Å². The molecular formula is C18H21N3O2S. The largest absolute Gasteiger partial charge is 0.350 e. The number of piperazine rings is 1. The van der Waals surface area contributed by atoms with Gasteiger partial charge in [0.2, 0.25) is 5.91 Å². The Labute approximate surface area is 145 Å². The smallest absolute Gasteiger partial charge is 0.318 e. The molecule has 3 amide bonds. The maximum Gasteiger partial charge on any atom is 0.318 e. The van der Waals surface area contributed by atoms with Crippen molar-refractivity contribution < 1.29 is 9.59 Å². The lowest BCUT2D eigenvalue weighted by molar-refractivity contribution is -0.126. The van der Waals surface area contributed by atoms with E-state index in [1.165, 1.54) is 10.1 Å². The van der Waals surface area contributed by atoms with E-state index >= 15 is 0 Å². The van der Waals surface area contributed by atoms with Crippen LogP contribution in [0.2, 0.25) is 0 Å². The first-order chi connectivity index (χ1) is 11.7. The Morgan fingerprint density at radius 2 is 2.12 bits per heavy atom. The quantitative estimate of drug-likeness (QED) is 0.881. The van der Waals surface area contributed by atoms with E-state index in [0.29, 0.717) is 6.54 Å². The normalized spacial score (nSPS) is 23.7. The van der Waals surface area contributed by atoms with Crippen molar-refractivity contribution in [1.29, 1.82) is 0 Å². The molecule has 1 saturated heterocycles. The summed E-state index contributed by atoms with van der Waals surface area (Å²) in [6.07, 6.45) is 4.19. The van der Waals surface area contributed by atoms with Gasteiger partial charge in [-0.1, -0.05) is 31.0 Å². The van der Waals surface area contributed by atoms with Crippen LogP contribution in [-0.4, -0.2) is 35.5 Å². The first-order valence-electron chi connectivity index (χ1n) is 8.52. The number of hydrogen-bond donors (Lipinski definition) is 2. The molecule has 2 aliphatic rings. The molecule has 1 aliphatic heterocycles. The maximum atomic E-state index is 12.6. The Balaban J connectivity index is 1.43. The topological polar surface area (TPSA) is 61.4 Å². The first kappa shape index (κ1) is 15.4. The molecule has 0 bridgehead atoms. The minimum Gasteiger partial charge on any atom is -0.350 e. The van der Waals surface area contributed by atoms with Crippen LogP contribution in [0.5, 0.6) is 0 Å². The van der Waals surface area contributed by atoms with E-state index in [4.69, 9.17) is 0 Å². The molecule has 24 heavy (non-hydrogen) atoms. The second-order valence-electron chi connectivity index (χ2n) is 6.56. The molecule has 0 radical (unpaired) electrons. The van der Waals surface area contributed by atoms with Crippen LogP contribution in [0.25, 0.3) is 10.1 Å². The summed E-state index contributed by atoms with van der Waals surface area (Å²) in [7, 11) is 0. The average molecular weight is 343 g/mol. The molecule has 2 N–H and O–H groups in total. The van der Waals surface area contributed by atoms with Crippen LogP contribution in [0.1, 0.15) is 30.6 Å². The van der Waals surface area contributed by atoms with Crippen LogP contribution in [-0.2, 0) is 11.3 Å². The monoisotopic (exact) mass is 343 g/mol. The van der Waals surface area contributed by atoms with E-state index in [2.05, 4.69) is 28.8 Å². The number of nitrogens with one attached hydrogen (secondary N) is 2. The minimum atomic E-state index is -0.126. The summed E-state index contributed by atoms with van der Waals surface area (Å²) in [5.41, 5.74) is 0. The number of thiophene rings is 1.